The van der Waals surface area contributed by atoms with Gasteiger partial charge < -0.3 is 19.2 Å². The number of aromatic nitrogens is 1. The van der Waals surface area contributed by atoms with E-state index in [9.17, 15) is 4.79 Å². The van der Waals surface area contributed by atoms with E-state index in [2.05, 4.69) is 10.5 Å². The van der Waals surface area contributed by atoms with Gasteiger partial charge in [-0.1, -0.05) is 5.16 Å². The first-order valence-corrected chi connectivity index (χ1v) is 6.01. The van der Waals surface area contributed by atoms with Crippen LogP contribution in [0.5, 0.6) is 0 Å². The molecule has 0 aliphatic heterocycles. The summed E-state index contributed by atoms with van der Waals surface area (Å²) >= 11 is 0. The van der Waals surface area contributed by atoms with Gasteiger partial charge in [0.25, 0.3) is 0 Å². The third-order valence-corrected chi connectivity index (χ3v) is 2.92. The van der Waals surface area contributed by atoms with E-state index in [0.717, 1.165) is 22.8 Å². The molecule has 2 rings (SSSR count). The van der Waals surface area contributed by atoms with Gasteiger partial charge in [0.2, 0.25) is 0 Å². The number of nitrogens with zero attached hydrogens (tertiary/aromatic N) is 2. The Morgan fingerprint density at radius 2 is 2.26 bits per heavy atom. The van der Waals surface area contributed by atoms with E-state index < -0.39 is 0 Å². The van der Waals surface area contributed by atoms with Gasteiger partial charge in [0.05, 0.1) is 25.0 Å². The molecule has 6 heteroatoms. The first-order chi connectivity index (χ1) is 9.08. The average molecular weight is 263 g/mol. The van der Waals surface area contributed by atoms with E-state index >= 15 is 0 Å². The molecule has 2 amide bonds. The lowest BCUT2D eigenvalue weighted by molar-refractivity contribution is 0.205. The van der Waals surface area contributed by atoms with E-state index in [1.807, 2.05) is 19.9 Å². The Labute approximate surface area is 111 Å². The summed E-state index contributed by atoms with van der Waals surface area (Å²) in [5.74, 6) is 1.46. The second-order valence-electron chi connectivity index (χ2n) is 4.40. The molecule has 0 aliphatic carbocycles. The minimum atomic E-state index is -0.170. The lowest BCUT2D eigenvalue weighted by Gasteiger charge is -2.17. The predicted molar refractivity (Wildman–Crippen MR) is 68.4 cm³/mol. The number of aryl methyl sites for hydroxylation is 2. The normalized spacial score (nSPS) is 10.5. The lowest BCUT2D eigenvalue weighted by atomic mass is 10.2. The highest BCUT2D eigenvalue weighted by Crippen LogP contribution is 2.14. The van der Waals surface area contributed by atoms with Crippen molar-refractivity contribution in [1.82, 2.24) is 15.4 Å². The molecule has 0 atom stereocenters. The van der Waals surface area contributed by atoms with Gasteiger partial charge in [0.1, 0.15) is 11.5 Å². The number of hydrogen-bond acceptors (Lipinski definition) is 4. The van der Waals surface area contributed by atoms with Crippen molar-refractivity contribution in [2.75, 3.05) is 7.05 Å². The van der Waals surface area contributed by atoms with E-state index in [1.54, 1.807) is 24.3 Å². The second kappa shape index (κ2) is 5.60. The molecule has 0 saturated carbocycles. The van der Waals surface area contributed by atoms with Crippen LogP contribution in [0, 0.1) is 13.8 Å². The molecule has 0 spiro atoms. The standard InChI is InChI=1S/C13H17N3O3/c1-9-12(10(2)19-15-9)8-16(3)13(17)14-7-11-5-4-6-18-11/h4-6H,7-8H2,1-3H3,(H,14,17). The molecule has 6 nitrogen and oxygen atoms in total. The summed E-state index contributed by atoms with van der Waals surface area (Å²) in [7, 11) is 1.73. The number of rotatable bonds is 4. The Morgan fingerprint density at radius 3 is 2.84 bits per heavy atom. The Balaban J connectivity index is 1.89. The summed E-state index contributed by atoms with van der Waals surface area (Å²) in [4.78, 5) is 13.5. The smallest absolute Gasteiger partial charge is 0.317 e. The molecule has 1 N–H and O–H groups in total. The molecule has 2 aromatic heterocycles. The molecular formula is C13H17N3O3. The molecule has 0 aromatic carbocycles. The van der Waals surface area contributed by atoms with E-state index in [4.69, 9.17) is 8.94 Å². The van der Waals surface area contributed by atoms with Crippen molar-refractivity contribution < 1.29 is 13.7 Å². The predicted octanol–water partition coefficient (Wildman–Crippen LogP) is 2.23. The van der Waals surface area contributed by atoms with E-state index in [1.165, 1.54) is 0 Å². The van der Waals surface area contributed by atoms with Crippen LogP contribution in [-0.4, -0.2) is 23.1 Å². The highest BCUT2D eigenvalue weighted by molar-refractivity contribution is 5.73. The van der Waals surface area contributed by atoms with Crippen molar-refractivity contribution in [2.45, 2.75) is 26.9 Å². The minimum absolute atomic E-state index is 0.170. The number of urea groups is 1. The molecule has 0 saturated heterocycles. The third kappa shape index (κ3) is 3.15. The van der Waals surface area contributed by atoms with Crippen LogP contribution in [-0.2, 0) is 13.1 Å². The summed E-state index contributed by atoms with van der Waals surface area (Å²) < 4.78 is 10.2. The zero-order chi connectivity index (χ0) is 13.8. The van der Waals surface area contributed by atoms with Crippen molar-refractivity contribution in [1.29, 1.82) is 0 Å². The fraction of sp³-hybridized carbons (Fsp3) is 0.385. The summed E-state index contributed by atoms with van der Waals surface area (Å²) in [6.07, 6.45) is 1.58. The number of hydrogen-bond donors (Lipinski definition) is 1. The number of carbonyl (C=O) groups is 1. The molecule has 0 radical (unpaired) electrons. The van der Waals surface area contributed by atoms with Gasteiger partial charge in [-0.3, -0.25) is 0 Å². The van der Waals surface area contributed by atoms with Crippen molar-refractivity contribution in [3.8, 4) is 0 Å². The quantitative estimate of drug-likeness (QED) is 0.918. The maximum atomic E-state index is 11.9. The van der Waals surface area contributed by atoms with Crippen LogP contribution >= 0.6 is 0 Å². The monoisotopic (exact) mass is 263 g/mol. The molecule has 2 aromatic rings. The Kier molecular flexibility index (Phi) is 3.89. The fourth-order valence-electron chi connectivity index (χ4n) is 1.75. The van der Waals surface area contributed by atoms with Crippen molar-refractivity contribution >= 4 is 6.03 Å². The zero-order valence-corrected chi connectivity index (χ0v) is 11.3. The molecule has 2 heterocycles. The van der Waals surface area contributed by atoms with Crippen molar-refractivity contribution in [3.05, 3.63) is 41.2 Å². The summed E-state index contributed by atoms with van der Waals surface area (Å²) in [6.45, 7) is 4.54. The van der Waals surface area contributed by atoms with Gasteiger partial charge in [-0.05, 0) is 26.0 Å². The highest BCUT2D eigenvalue weighted by atomic mass is 16.5. The number of nitrogens with one attached hydrogen (secondary N) is 1. The maximum absolute atomic E-state index is 11.9. The van der Waals surface area contributed by atoms with Gasteiger partial charge in [-0.15, -0.1) is 0 Å². The van der Waals surface area contributed by atoms with Gasteiger partial charge >= 0.3 is 6.03 Å². The Bertz CT molecular complexity index is 526. The van der Waals surface area contributed by atoms with Gasteiger partial charge in [0.15, 0.2) is 0 Å². The fourth-order valence-corrected chi connectivity index (χ4v) is 1.75. The Morgan fingerprint density at radius 1 is 1.47 bits per heavy atom. The van der Waals surface area contributed by atoms with Crippen LogP contribution in [0.2, 0.25) is 0 Å². The third-order valence-electron chi connectivity index (χ3n) is 2.92. The van der Waals surface area contributed by atoms with E-state index in [-0.39, 0.29) is 6.03 Å². The molecule has 102 valence electrons. The number of furan rings is 1. The molecule has 19 heavy (non-hydrogen) atoms. The van der Waals surface area contributed by atoms with Gasteiger partial charge in [-0.25, -0.2) is 4.79 Å². The van der Waals surface area contributed by atoms with Crippen LogP contribution in [0.3, 0.4) is 0 Å². The molecule has 0 bridgehead atoms. The van der Waals surface area contributed by atoms with Crippen LogP contribution < -0.4 is 5.32 Å². The lowest BCUT2D eigenvalue weighted by Crippen LogP contribution is -2.36. The van der Waals surface area contributed by atoms with Gasteiger partial charge in [-0.2, -0.15) is 0 Å². The largest absolute Gasteiger partial charge is 0.467 e. The van der Waals surface area contributed by atoms with Gasteiger partial charge in [0, 0.05) is 12.6 Å². The molecule has 0 fully saturated rings. The van der Waals surface area contributed by atoms with Crippen LogP contribution in [0.1, 0.15) is 22.8 Å². The van der Waals surface area contributed by atoms with Crippen molar-refractivity contribution in [3.63, 3.8) is 0 Å². The SMILES string of the molecule is Cc1noc(C)c1CN(C)C(=O)NCc1ccco1. The maximum Gasteiger partial charge on any atom is 0.317 e. The number of amides is 2. The summed E-state index contributed by atoms with van der Waals surface area (Å²) in [5, 5.41) is 6.65. The number of carbonyl (C=O) groups excluding carboxylic acids is 1. The zero-order valence-electron chi connectivity index (χ0n) is 11.3. The Hall–Kier alpha value is -2.24. The molecule has 0 unspecified atom stereocenters. The van der Waals surface area contributed by atoms with Crippen LogP contribution in [0.25, 0.3) is 0 Å². The first kappa shape index (κ1) is 13.2. The topological polar surface area (TPSA) is 71.5 Å². The minimum Gasteiger partial charge on any atom is -0.467 e. The van der Waals surface area contributed by atoms with Crippen molar-refractivity contribution in [2.24, 2.45) is 0 Å². The summed E-state index contributed by atoms with van der Waals surface area (Å²) in [6, 6.07) is 3.43. The first-order valence-electron chi connectivity index (χ1n) is 6.01. The summed E-state index contributed by atoms with van der Waals surface area (Å²) in [5.41, 5.74) is 1.75. The van der Waals surface area contributed by atoms with E-state index in [0.29, 0.717) is 13.1 Å². The highest BCUT2D eigenvalue weighted by Gasteiger charge is 2.15. The van der Waals surface area contributed by atoms with Crippen LogP contribution in [0.15, 0.2) is 27.3 Å². The average Bonchev–Trinajstić information content (AvgIpc) is 3.00. The van der Waals surface area contributed by atoms with Crippen LogP contribution in [0.4, 0.5) is 4.79 Å². The molecular weight excluding hydrogens is 246 g/mol. The molecule has 0 aliphatic rings. The second-order valence-corrected chi connectivity index (χ2v) is 4.40.